The summed E-state index contributed by atoms with van der Waals surface area (Å²) in [5.41, 5.74) is 0. The maximum atomic E-state index is 5.23. The number of hydrogen-bond acceptors (Lipinski definition) is 1. The first kappa shape index (κ1) is 12.9. The highest BCUT2D eigenvalue weighted by molar-refractivity contribution is 6.20. The SMILES string of the molecule is CN(C)C.ClC/C=C/CCl. The van der Waals surface area contributed by atoms with Gasteiger partial charge in [0.2, 0.25) is 0 Å². The van der Waals surface area contributed by atoms with Gasteiger partial charge in [-0.15, -0.1) is 23.2 Å². The number of halogens is 2. The first-order valence-electron chi connectivity index (χ1n) is 3.03. The topological polar surface area (TPSA) is 3.24 Å². The number of allylic oxidation sites excluding steroid dienone is 2. The lowest BCUT2D eigenvalue weighted by atomic mass is 10.6. The Bertz CT molecular complexity index is 63.3. The van der Waals surface area contributed by atoms with Crippen molar-refractivity contribution in [1.82, 2.24) is 4.90 Å². The first-order chi connectivity index (χ1) is 4.65. The van der Waals surface area contributed by atoms with E-state index in [9.17, 15) is 0 Å². The number of hydrogen-bond donors (Lipinski definition) is 0. The quantitative estimate of drug-likeness (QED) is 0.469. The summed E-state index contributed by atoms with van der Waals surface area (Å²) in [7, 11) is 6.00. The van der Waals surface area contributed by atoms with Gasteiger partial charge in [0, 0.05) is 11.8 Å². The first-order valence-corrected chi connectivity index (χ1v) is 4.10. The molecule has 0 rings (SSSR count). The van der Waals surface area contributed by atoms with Crippen LogP contribution < -0.4 is 0 Å². The van der Waals surface area contributed by atoms with Gasteiger partial charge in [-0.1, -0.05) is 12.2 Å². The maximum Gasteiger partial charge on any atom is 0.0404 e. The minimum atomic E-state index is 0.562. The van der Waals surface area contributed by atoms with Crippen molar-refractivity contribution in [3.63, 3.8) is 0 Å². The Hall–Kier alpha value is 0.280. The monoisotopic (exact) mass is 183 g/mol. The second kappa shape index (κ2) is 12.0. The Morgan fingerprint density at radius 2 is 1.20 bits per heavy atom. The summed E-state index contributed by atoms with van der Waals surface area (Å²) < 4.78 is 0. The molecule has 0 aliphatic heterocycles. The highest BCUT2D eigenvalue weighted by Gasteiger charge is 1.63. The predicted molar refractivity (Wildman–Crippen MR) is 50.2 cm³/mol. The van der Waals surface area contributed by atoms with Crippen LogP contribution in [0, 0.1) is 0 Å². The molecule has 0 amide bonds. The molecule has 0 atom stereocenters. The molecule has 62 valence electrons. The minimum absolute atomic E-state index is 0.562. The molecule has 0 bridgehead atoms. The molecule has 1 nitrogen and oxygen atoms in total. The summed E-state index contributed by atoms with van der Waals surface area (Å²) in [4.78, 5) is 2.00. The lowest BCUT2D eigenvalue weighted by Gasteiger charge is -1.90. The van der Waals surface area contributed by atoms with Crippen molar-refractivity contribution < 1.29 is 0 Å². The fourth-order valence-electron chi connectivity index (χ4n) is 0.126. The number of alkyl halides is 2. The van der Waals surface area contributed by atoms with Crippen molar-refractivity contribution in [2.75, 3.05) is 32.9 Å². The van der Waals surface area contributed by atoms with Gasteiger partial charge in [0.1, 0.15) is 0 Å². The fourth-order valence-corrected chi connectivity index (χ4v) is 0.378. The molecule has 3 heteroatoms. The van der Waals surface area contributed by atoms with Crippen LogP contribution in [0.2, 0.25) is 0 Å². The molecular weight excluding hydrogens is 169 g/mol. The van der Waals surface area contributed by atoms with E-state index in [1.165, 1.54) is 0 Å². The molecule has 0 saturated carbocycles. The molecule has 0 radical (unpaired) electrons. The smallest absolute Gasteiger partial charge is 0.0404 e. The molecule has 0 saturated heterocycles. The van der Waals surface area contributed by atoms with E-state index in [-0.39, 0.29) is 0 Å². The van der Waals surface area contributed by atoms with E-state index in [4.69, 9.17) is 23.2 Å². The molecule has 0 aliphatic carbocycles. The molecule has 0 heterocycles. The summed E-state index contributed by atoms with van der Waals surface area (Å²) in [6.45, 7) is 0. The Morgan fingerprint density at radius 3 is 1.30 bits per heavy atom. The Labute approximate surface area is 73.6 Å². The Balaban J connectivity index is 0. The highest BCUT2D eigenvalue weighted by atomic mass is 35.5. The number of nitrogens with zero attached hydrogens (tertiary/aromatic N) is 1. The third-order valence-corrected chi connectivity index (χ3v) is 0.701. The van der Waals surface area contributed by atoms with Crippen LogP contribution in [-0.2, 0) is 0 Å². The molecule has 0 N–H and O–H groups in total. The zero-order valence-electron chi connectivity index (χ0n) is 6.77. The standard InChI is InChI=1S/C4H6Cl2.C3H9N/c5-3-1-2-4-6;1-4(2)3/h1-2H,3-4H2;1-3H3/b2-1+;. The van der Waals surface area contributed by atoms with E-state index in [2.05, 4.69) is 0 Å². The lowest BCUT2D eigenvalue weighted by Crippen LogP contribution is -1.99. The normalized spacial score (nSPS) is 9.80. The molecule has 0 aromatic rings. The maximum absolute atomic E-state index is 5.23. The molecule has 0 unspecified atom stereocenters. The van der Waals surface area contributed by atoms with Crippen molar-refractivity contribution in [3.8, 4) is 0 Å². The summed E-state index contributed by atoms with van der Waals surface area (Å²) in [5.74, 6) is 1.12. The van der Waals surface area contributed by atoms with Gasteiger partial charge < -0.3 is 4.90 Å². The van der Waals surface area contributed by atoms with Crippen LogP contribution in [0.25, 0.3) is 0 Å². The van der Waals surface area contributed by atoms with Gasteiger partial charge >= 0.3 is 0 Å². The van der Waals surface area contributed by atoms with Crippen molar-refractivity contribution in [2.24, 2.45) is 0 Å². The van der Waals surface area contributed by atoms with E-state index in [1.807, 2.05) is 38.2 Å². The number of rotatable bonds is 2. The van der Waals surface area contributed by atoms with Crippen molar-refractivity contribution >= 4 is 23.2 Å². The van der Waals surface area contributed by atoms with Crippen LogP contribution >= 0.6 is 23.2 Å². The van der Waals surface area contributed by atoms with Crippen LogP contribution in [0.5, 0.6) is 0 Å². The Kier molecular flexibility index (Phi) is 15.5. The third kappa shape index (κ3) is 40.8. The van der Waals surface area contributed by atoms with Crippen LogP contribution in [0.15, 0.2) is 12.2 Å². The second-order valence-electron chi connectivity index (χ2n) is 2.12. The summed E-state index contributed by atoms with van der Waals surface area (Å²) >= 11 is 10.5. The molecular formula is C7H15Cl2N. The van der Waals surface area contributed by atoms with Gasteiger partial charge in [0.05, 0.1) is 0 Å². The lowest BCUT2D eigenvalue weighted by molar-refractivity contribution is 0.505. The molecule has 0 aromatic carbocycles. The van der Waals surface area contributed by atoms with E-state index in [0.29, 0.717) is 11.8 Å². The van der Waals surface area contributed by atoms with Crippen molar-refractivity contribution in [3.05, 3.63) is 12.2 Å². The summed E-state index contributed by atoms with van der Waals surface area (Å²) in [6, 6.07) is 0. The zero-order valence-corrected chi connectivity index (χ0v) is 8.28. The van der Waals surface area contributed by atoms with Gasteiger partial charge in [-0.25, -0.2) is 0 Å². The largest absolute Gasteiger partial charge is 0.312 e. The summed E-state index contributed by atoms with van der Waals surface area (Å²) in [5, 5.41) is 0. The van der Waals surface area contributed by atoms with Crippen LogP contribution in [0.1, 0.15) is 0 Å². The van der Waals surface area contributed by atoms with E-state index in [0.717, 1.165) is 0 Å². The molecule has 10 heavy (non-hydrogen) atoms. The Morgan fingerprint density at radius 1 is 1.00 bits per heavy atom. The van der Waals surface area contributed by atoms with Gasteiger partial charge in [-0.3, -0.25) is 0 Å². The predicted octanol–water partition coefficient (Wildman–Crippen LogP) is 2.20. The fraction of sp³-hybridized carbons (Fsp3) is 0.714. The minimum Gasteiger partial charge on any atom is -0.312 e. The molecule has 0 fully saturated rings. The highest BCUT2D eigenvalue weighted by Crippen LogP contribution is 1.79. The van der Waals surface area contributed by atoms with E-state index >= 15 is 0 Å². The zero-order chi connectivity index (χ0) is 8.41. The van der Waals surface area contributed by atoms with E-state index in [1.54, 1.807) is 0 Å². The second-order valence-corrected chi connectivity index (χ2v) is 2.74. The van der Waals surface area contributed by atoms with Crippen molar-refractivity contribution in [1.29, 1.82) is 0 Å². The average molecular weight is 184 g/mol. The van der Waals surface area contributed by atoms with E-state index < -0.39 is 0 Å². The summed E-state index contributed by atoms with van der Waals surface area (Å²) in [6.07, 6.45) is 3.63. The van der Waals surface area contributed by atoms with Crippen LogP contribution in [0.4, 0.5) is 0 Å². The van der Waals surface area contributed by atoms with Crippen molar-refractivity contribution in [2.45, 2.75) is 0 Å². The van der Waals surface area contributed by atoms with Crippen LogP contribution in [-0.4, -0.2) is 37.8 Å². The van der Waals surface area contributed by atoms with Gasteiger partial charge in [0.25, 0.3) is 0 Å². The average Bonchev–Trinajstić information content (AvgIpc) is 1.82. The van der Waals surface area contributed by atoms with Gasteiger partial charge in [-0.2, -0.15) is 0 Å². The third-order valence-electron chi connectivity index (χ3n) is 0.345. The molecule has 0 aliphatic rings. The molecule has 0 spiro atoms. The van der Waals surface area contributed by atoms with Gasteiger partial charge in [-0.05, 0) is 21.1 Å². The van der Waals surface area contributed by atoms with Gasteiger partial charge in [0.15, 0.2) is 0 Å². The van der Waals surface area contributed by atoms with Crippen LogP contribution in [0.3, 0.4) is 0 Å². The molecule has 0 aromatic heterocycles.